The van der Waals surface area contributed by atoms with Crippen molar-refractivity contribution in [1.29, 1.82) is 0 Å². The Bertz CT molecular complexity index is 1680. The first-order valence-electron chi connectivity index (χ1n) is 12.5. The summed E-state index contributed by atoms with van der Waals surface area (Å²) in [5.74, 6) is 0. The fraction of sp³-hybridized carbons (Fsp3) is 0.125. The molecule has 1 radical (unpaired) electrons. The molecular formula is C32H28IrN2OSi-2. The van der Waals surface area contributed by atoms with E-state index in [9.17, 15) is 0 Å². The molecular weight excluding hydrogens is 649 g/mol. The molecule has 0 amide bonds. The smallest absolute Gasteiger partial charge is 0.120 e. The van der Waals surface area contributed by atoms with Gasteiger partial charge in [-0.3, -0.25) is 0 Å². The molecule has 0 unspecified atom stereocenters. The Balaban J connectivity index is 0.000000204. The minimum absolute atomic E-state index is 0. The van der Waals surface area contributed by atoms with E-state index in [2.05, 4.69) is 66.0 Å². The number of fused-ring (bicyclic) bond motifs is 3. The van der Waals surface area contributed by atoms with E-state index in [0.29, 0.717) is 6.04 Å². The van der Waals surface area contributed by atoms with Crippen molar-refractivity contribution in [3.63, 3.8) is 0 Å². The number of nitrogens with zero attached hydrogens (tertiary/aromatic N) is 2. The molecule has 0 saturated heterocycles. The van der Waals surface area contributed by atoms with Crippen LogP contribution in [0.2, 0.25) is 19.6 Å². The summed E-state index contributed by atoms with van der Waals surface area (Å²) in [5.41, 5.74) is 6.46. The van der Waals surface area contributed by atoms with Crippen molar-refractivity contribution in [2.24, 2.45) is 0 Å². The van der Waals surface area contributed by atoms with Gasteiger partial charge in [0.15, 0.2) is 0 Å². The van der Waals surface area contributed by atoms with Crippen LogP contribution in [0.4, 0.5) is 0 Å². The Morgan fingerprint density at radius 1 is 0.838 bits per heavy atom. The van der Waals surface area contributed by atoms with Crippen molar-refractivity contribution in [3.8, 4) is 22.5 Å². The number of furan rings is 1. The molecule has 3 aromatic heterocycles. The molecule has 0 aliphatic rings. The predicted molar refractivity (Wildman–Crippen MR) is 152 cm³/mol. The molecule has 0 fully saturated rings. The van der Waals surface area contributed by atoms with E-state index in [1.54, 1.807) is 18.3 Å². The van der Waals surface area contributed by atoms with Crippen LogP contribution in [0.25, 0.3) is 44.5 Å². The first-order chi connectivity index (χ1) is 17.8. The molecule has 5 heteroatoms. The van der Waals surface area contributed by atoms with Gasteiger partial charge in [-0.15, -0.1) is 54.1 Å². The third-order valence-corrected chi connectivity index (χ3v) is 8.05. The summed E-state index contributed by atoms with van der Waals surface area (Å²) in [6, 6.07) is 32.5. The second-order valence-corrected chi connectivity index (χ2v) is 14.8. The SMILES string of the molecule is Cc1ccc(-c2[c-]cccc2)nc1.[2H]c1ccnc(-c2[c-]ccc3c2oc2cccc([Si](C)(C)C)c23)c1.[Ir]. The number of aromatic nitrogens is 2. The Hall–Kier alpha value is -3.37. The van der Waals surface area contributed by atoms with Crippen molar-refractivity contribution < 1.29 is 25.9 Å². The fourth-order valence-corrected chi connectivity index (χ4v) is 5.85. The third kappa shape index (κ3) is 5.80. The minimum Gasteiger partial charge on any atom is -0.501 e. The van der Waals surface area contributed by atoms with Crippen LogP contribution in [0, 0.1) is 19.1 Å². The van der Waals surface area contributed by atoms with Crippen LogP contribution in [0.15, 0.2) is 102 Å². The molecule has 0 N–H and O–H groups in total. The van der Waals surface area contributed by atoms with Gasteiger partial charge in [-0.05, 0) is 36.0 Å². The number of rotatable bonds is 3. The predicted octanol–water partition coefficient (Wildman–Crippen LogP) is 7.85. The second kappa shape index (κ2) is 11.3. The maximum atomic E-state index is 7.84. The van der Waals surface area contributed by atoms with Crippen LogP contribution in [0.1, 0.15) is 6.93 Å². The summed E-state index contributed by atoms with van der Waals surface area (Å²) in [6.07, 6.45) is 3.52. The summed E-state index contributed by atoms with van der Waals surface area (Å²) in [6.45, 7) is 9.08. The Morgan fingerprint density at radius 3 is 2.41 bits per heavy atom. The van der Waals surface area contributed by atoms with E-state index in [-0.39, 0.29) is 20.1 Å². The zero-order valence-corrected chi connectivity index (χ0v) is 24.7. The van der Waals surface area contributed by atoms with Crippen molar-refractivity contribution in [2.75, 3.05) is 0 Å². The monoisotopic (exact) mass is 678 g/mol. The Labute approximate surface area is 234 Å². The summed E-state index contributed by atoms with van der Waals surface area (Å²) in [5, 5.41) is 3.72. The van der Waals surface area contributed by atoms with Crippen LogP contribution >= 0.6 is 0 Å². The number of benzene rings is 3. The van der Waals surface area contributed by atoms with Crippen molar-refractivity contribution >= 4 is 35.2 Å². The molecule has 0 aliphatic carbocycles. The van der Waals surface area contributed by atoms with Gasteiger partial charge < -0.3 is 14.4 Å². The normalized spacial score (nSPS) is 11.4. The average molecular weight is 678 g/mol. The molecule has 0 saturated carbocycles. The van der Waals surface area contributed by atoms with Gasteiger partial charge in [0, 0.05) is 37.9 Å². The second-order valence-electron chi connectivity index (χ2n) is 9.76. The molecule has 6 aromatic rings. The van der Waals surface area contributed by atoms with Gasteiger partial charge in [-0.25, -0.2) is 0 Å². The summed E-state index contributed by atoms with van der Waals surface area (Å²) < 4.78 is 14.0. The summed E-state index contributed by atoms with van der Waals surface area (Å²) in [4.78, 5) is 8.72. The van der Waals surface area contributed by atoms with E-state index in [0.717, 1.165) is 39.1 Å². The van der Waals surface area contributed by atoms with Gasteiger partial charge >= 0.3 is 0 Å². The van der Waals surface area contributed by atoms with Gasteiger partial charge in [-0.2, -0.15) is 0 Å². The first-order valence-corrected chi connectivity index (χ1v) is 15.5. The zero-order valence-electron chi connectivity index (χ0n) is 22.3. The van der Waals surface area contributed by atoms with Crippen LogP contribution in [-0.2, 0) is 20.1 Å². The number of hydrogen-bond donors (Lipinski definition) is 0. The van der Waals surface area contributed by atoms with Gasteiger partial charge in [0.2, 0.25) is 0 Å². The molecule has 0 spiro atoms. The molecule has 37 heavy (non-hydrogen) atoms. The molecule has 187 valence electrons. The van der Waals surface area contributed by atoms with E-state index in [1.165, 1.54) is 16.1 Å². The van der Waals surface area contributed by atoms with Crippen molar-refractivity contribution in [3.05, 3.63) is 115 Å². The average Bonchev–Trinajstić information content (AvgIpc) is 3.28. The molecule has 3 nitrogen and oxygen atoms in total. The van der Waals surface area contributed by atoms with E-state index >= 15 is 0 Å². The molecule has 0 aliphatic heterocycles. The van der Waals surface area contributed by atoms with E-state index < -0.39 is 8.07 Å². The zero-order chi connectivity index (χ0) is 26.0. The van der Waals surface area contributed by atoms with E-state index in [4.69, 9.17) is 5.79 Å². The van der Waals surface area contributed by atoms with Gasteiger partial charge in [0.1, 0.15) is 5.58 Å². The standard InChI is InChI=1S/C20H18NOSi.C12H10N.Ir/c1-23(2,3)18-12-7-11-17-19(18)15-9-6-8-14(20(15)22-17)16-10-4-5-13-21-16;1-10-7-8-12(13-9-10)11-5-3-2-4-6-11;/h4-7,9-13H,1-3H3;2-5,7-9H,1H3;/q2*-1;/i4D;;. The number of pyridine rings is 2. The van der Waals surface area contributed by atoms with Gasteiger partial charge in [-0.1, -0.05) is 72.2 Å². The van der Waals surface area contributed by atoms with Crippen molar-refractivity contribution in [2.45, 2.75) is 26.6 Å². The molecule has 0 bridgehead atoms. The maximum Gasteiger partial charge on any atom is 0.120 e. The summed E-state index contributed by atoms with van der Waals surface area (Å²) >= 11 is 0. The fourth-order valence-electron chi connectivity index (χ4n) is 4.25. The summed E-state index contributed by atoms with van der Waals surface area (Å²) in [7, 11) is -1.50. The molecule has 3 heterocycles. The van der Waals surface area contributed by atoms with Crippen LogP contribution in [0.5, 0.6) is 0 Å². The van der Waals surface area contributed by atoms with Gasteiger partial charge in [0.05, 0.1) is 15.0 Å². The third-order valence-electron chi connectivity index (χ3n) is 6.02. The van der Waals surface area contributed by atoms with Crippen LogP contribution < -0.4 is 5.19 Å². The molecule has 6 rings (SSSR count). The number of hydrogen-bond acceptors (Lipinski definition) is 3. The van der Waals surface area contributed by atoms with Crippen molar-refractivity contribution in [1.82, 2.24) is 9.97 Å². The maximum absolute atomic E-state index is 7.84. The van der Waals surface area contributed by atoms with Crippen LogP contribution in [0.3, 0.4) is 0 Å². The van der Waals surface area contributed by atoms with Gasteiger partial charge in [0.25, 0.3) is 0 Å². The Morgan fingerprint density at radius 2 is 1.70 bits per heavy atom. The molecule has 3 aromatic carbocycles. The Kier molecular flexibility index (Phi) is 7.75. The quantitative estimate of drug-likeness (QED) is 0.142. The number of aryl methyl sites for hydroxylation is 1. The van der Waals surface area contributed by atoms with E-state index in [1.807, 2.05) is 55.6 Å². The van der Waals surface area contributed by atoms with Crippen LogP contribution in [-0.4, -0.2) is 18.0 Å². The first kappa shape index (κ1) is 25.3. The largest absolute Gasteiger partial charge is 0.501 e. The topological polar surface area (TPSA) is 38.9 Å². The minimum atomic E-state index is -1.50. The molecule has 0 atom stereocenters.